The number of carbonyl (C=O) groups excluding carboxylic acids is 3. The maximum atomic E-state index is 12.4. The molecule has 0 unspecified atom stereocenters. The molecule has 10 nitrogen and oxygen atoms in total. The Labute approximate surface area is 208 Å². The van der Waals surface area contributed by atoms with E-state index in [1.165, 1.54) is 12.4 Å². The van der Waals surface area contributed by atoms with E-state index >= 15 is 0 Å². The molecular weight excluding hydrogens is 462 g/mol. The average Bonchev–Trinajstić information content (AvgIpc) is 2.87. The molecule has 3 amide bonds. The molecule has 0 fully saturated rings. The van der Waals surface area contributed by atoms with Crippen LogP contribution in [0.1, 0.15) is 23.0 Å². The smallest absolute Gasteiger partial charge is 0.268 e. The highest BCUT2D eigenvalue weighted by Gasteiger charge is 2.25. The predicted molar refractivity (Wildman–Crippen MR) is 134 cm³/mol. The van der Waals surface area contributed by atoms with Crippen molar-refractivity contribution in [3.05, 3.63) is 84.2 Å². The molecule has 5 N–H and O–H groups in total. The van der Waals surface area contributed by atoms with Crippen LogP contribution in [0.4, 0.5) is 5.69 Å². The number of nitrogens with one attached hydrogen (secondary N) is 3. The summed E-state index contributed by atoms with van der Waals surface area (Å²) in [6.45, 7) is 2.11. The maximum Gasteiger partial charge on any atom is 0.268 e. The van der Waals surface area contributed by atoms with Crippen LogP contribution in [0.15, 0.2) is 72.9 Å². The second kappa shape index (κ2) is 12.5. The van der Waals surface area contributed by atoms with Gasteiger partial charge in [0.25, 0.3) is 11.8 Å². The van der Waals surface area contributed by atoms with Crippen molar-refractivity contribution < 1.29 is 24.7 Å². The summed E-state index contributed by atoms with van der Waals surface area (Å²) >= 11 is 0. The Morgan fingerprint density at radius 3 is 2.17 bits per heavy atom. The molecule has 36 heavy (non-hydrogen) atoms. The van der Waals surface area contributed by atoms with E-state index < -0.39 is 24.0 Å². The van der Waals surface area contributed by atoms with Crippen molar-refractivity contribution in [1.29, 1.82) is 0 Å². The summed E-state index contributed by atoms with van der Waals surface area (Å²) in [7, 11) is 1.85. The molecule has 10 heteroatoms. The highest BCUT2D eigenvalue weighted by molar-refractivity contribution is 5.98. The fourth-order valence-electron chi connectivity index (χ4n) is 3.53. The largest absolute Gasteiger partial charge is 0.391 e. The van der Waals surface area contributed by atoms with Crippen LogP contribution >= 0.6 is 0 Å². The second-order valence-electron chi connectivity index (χ2n) is 8.36. The number of hydrogen-bond donors (Lipinski definition) is 5. The van der Waals surface area contributed by atoms with E-state index in [1.807, 2.05) is 42.3 Å². The van der Waals surface area contributed by atoms with Gasteiger partial charge in [0.1, 0.15) is 6.04 Å². The third kappa shape index (κ3) is 7.44. The number of hydroxylamine groups is 1. The van der Waals surface area contributed by atoms with Gasteiger partial charge in [-0.3, -0.25) is 29.5 Å². The quantitative estimate of drug-likeness (QED) is 0.215. The number of anilines is 1. The van der Waals surface area contributed by atoms with Crippen molar-refractivity contribution >= 4 is 23.4 Å². The first kappa shape index (κ1) is 26.5. The summed E-state index contributed by atoms with van der Waals surface area (Å²) in [5.74, 6) is -1.62. The molecule has 0 spiro atoms. The highest BCUT2D eigenvalue weighted by Crippen LogP contribution is 2.22. The van der Waals surface area contributed by atoms with E-state index in [2.05, 4.69) is 15.6 Å². The molecule has 2 aromatic carbocycles. The molecule has 0 saturated heterocycles. The normalized spacial score (nSPS) is 12.5. The summed E-state index contributed by atoms with van der Waals surface area (Å²) in [4.78, 5) is 42.6. The first-order chi connectivity index (χ1) is 17.3. The standard InChI is InChI=1S/C26H29N5O5/c1-17(32)24(26(35)30-36)29-25(34)20-8-6-18(7-9-20)19-10-12-21(13-11-19)28-23(33)16-31(2)15-22-5-3-4-14-27-22/h3-14,17,24,32,36H,15-16H2,1-2H3,(H,28,33)(H,29,34)(H,30,35)/t17-,24+/m1/s1. The summed E-state index contributed by atoms with van der Waals surface area (Å²) in [5.41, 5.74) is 4.99. The number of pyridine rings is 1. The Balaban J connectivity index is 1.56. The van der Waals surface area contributed by atoms with E-state index in [1.54, 1.807) is 42.6 Å². The second-order valence-corrected chi connectivity index (χ2v) is 8.36. The minimum atomic E-state index is -1.29. The van der Waals surface area contributed by atoms with E-state index in [-0.39, 0.29) is 18.0 Å². The van der Waals surface area contributed by atoms with Crippen molar-refractivity contribution in [1.82, 2.24) is 20.7 Å². The summed E-state index contributed by atoms with van der Waals surface area (Å²) in [5, 5.41) is 23.7. The van der Waals surface area contributed by atoms with E-state index in [0.717, 1.165) is 16.8 Å². The van der Waals surface area contributed by atoms with E-state index in [0.29, 0.717) is 12.2 Å². The molecular formula is C26H29N5O5. The van der Waals surface area contributed by atoms with Crippen LogP contribution in [0, 0.1) is 0 Å². The number of aliphatic hydroxyl groups is 1. The van der Waals surface area contributed by atoms with Gasteiger partial charge in [-0.2, -0.15) is 0 Å². The number of carbonyl (C=O) groups is 3. The van der Waals surface area contributed by atoms with Crippen LogP contribution in [-0.4, -0.2) is 63.7 Å². The van der Waals surface area contributed by atoms with Gasteiger partial charge in [-0.1, -0.05) is 30.3 Å². The summed E-state index contributed by atoms with van der Waals surface area (Å²) in [6.07, 6.45) is 0.528. The van der Waals surface area contributed by atoms with E-state index in [4.69, 9.17) is 5.21 Å². The molecule has 188 valence electrons. The third-order valence-corrected chi connectivity index (χ3v) is 5.38. The molecule has 0 saturated carbocycles. The molecule has 1 heterocycles. The van der Waals surface area contributed by atoms with Gasteiger partial charge >= 0.3 is 0 Å². The number of nitrogens with zero attached hydrogens (tertiary/aromatic N) is 2. The number of aromatic nitrogens is 1. The lowest BCUT2D eigenvalue weighted by atomic mass is 10.0. The molecule has 0 aliphatic carbocycles. The molecule has 2 atom stereocenters. The van der Waals surface area contributed by atoms with Gasteiger partial charge in [0, 0.05) is 24.0 Å². The molecule has 0 bridgehead atoms. The monoisotopic (exact) mass is 491 g/mol. The zero-order valence-corrected chi connectivity index (χ0v) is 20.0. The Hall–Kier alpha value is -4.12. The first-order valence-corrected chi connectivity index (χ1v) is 11.3. The molecule has 0 aliphatic heterocycles. The lowest BCUT2D eigenvalue weighted by molar-refractivity contribution is -0.133. The summed E-state index contributed by atoms with van der Waals surface area (Å²) in [6, 6.07) is 18.4. The molecule has 1 aromatic heterocycles. The third-order valence-electron chi connectivity index (χ3n) is 5.38. The van der Waals surface area contributed by atoms with Gasteiger partial charge in [-0.15, -0.1) is 0 Å². The van der Waals surface area contributed by atoms with Gasteiger partial charge < -0.3 is 15.7 Å². The zero-order chi connectivity index (χ0) is 26.1. The topological polar surface area (TPSA) is 144 Å². The van der Waals surface area contributed by atoms with Crippen molar-refractivity contribution in [2.45, 2.75) is 25.6 Å². The fourth-order valence-corrected chi connectivity index (χ4v) is 3.53. The van der Waals surface area contributed by atoms with Gasteiger partial charge in [0.2, 0.25) is 5.91 Å². The zero-order valence-electron chi connectivity index (χ0n) is 20.0. The van der Waals surface area contributed by atoms with Crippen LogP contribution < -0.4 is 16.1 Å². The number of likely N-dealkylation sites (N-methyl/N-ethyl adjacent to an activating group) is 1. The fraction of sp³-hybridized carbons (Fsp3) is 0.231. The first-order valence-electron chi connectivity index (χ1n) is 11.3. The molecule has 0 radical (unpaired) electrons. The minimum Gasteiger partial charge on any atom is -0.391 e. The van der Waals surface area contributed by atoms with Crippen LogP contribution in [0.2, 0.25) is 0 Å². The lowest BCUT2D eigenvalue weighted by Gasteiger charge is -2.19. The number of aliphatic hydroxyl groups excluding tert-OH is 1. The minimum absolute atomic E-state index is 0.137. The van der Waals surface area contributed by atoms with Gasteiger partial charge in [-0.25, -0.2) is 5.48 Å². The SMILES string of the molecule is C[C@@H](O)[C@H](NC(=O)c1ccc(-c2ccc(NC(=O)CN(C)Cc3ccccn3)cc2)cc1)C(=O)NO. The maximum absolute atomic E-state index is 12.4. The Morgan fingerprint density at radius 2 is 1.61 bits per heavy atom. The van der Waals surface area contributed by atoms with Gasteiger partial charge in [-0.05, 0) is 61.5 Å². The lowest BCUT2D eigenvalue weighted by Crippen LogP contribution is -2.51. The van der Waals surface area contributed by atoms with Crippen LogP contribution in [0.3, 0.4) is 0 Å². The van der Waals surface area contributed by atoms with Crippen molar-refractivity contribution in [2.24, 2.45) is 0 Å². The van der Waals surface area contributed by atoms with Crippen molar-refractivity contribution in [3.8, 4) is 11.1 Å². The van der Waals surface area contributed by atoms with E-state index in [9.17, 15) is 19.5 Å². The Kier molecular flexibility index (Phi) is 9.23. The molecule has 3 rings (SSSR count). The number of benzene rings is 2. The predicted octanol–water partition coefficient (Wildman–Crippen LogP) is 1.80. The number of rotatable bonds is 10. The van der Waals surface area contributed by atoms with Gasteiger partial charge in [0.05, 0.1) is 18.3 Å². The van der Waals surface area contributed by atoms with Crippen LogP contribution in [0.25, 0.3) is 11.1 Å². The van der Waals surface area contributed by atoms with Crippen LogP contribution in [-0.2, 0) is 16.1 Å². The van der Waals surface area contributed by atoms with Crippen molar-refractivity contribution in [2.75, 3.05) is 18.9 Å². The Bertz CT molecular complexity index is 1170. The molecule has 0 aliphatic rings. The van der Waals surface area contributed by atoms with Crippen molar-refractivity contribution in [3.63, 3.8) is 0 Å². The number of hydrogen-bond acceptors (Lipinski definition) is 7. The Morgan fingerprint density at radius 1 is 0.972 bits per heavy atom. The molecule has 3 aromatic rings. The van der Waals surface area contributed by atoms with Crippen LogP contribution in [0.5, 0.6) is 0 Å². The number of amides is 3. The summed E-state index contributed by atoms with van der Waals surface area (Å²) < 4.78 is 0. The average molecular weight is 492 g/mol. The highest BCUT2D eigenvalue weighted by atomic mass is 16.5. The van der Waals surface area contributed by atoms with Gasteiger partial charge in [0.15, 0.2) is 0 Å².